The Kier molecular flexibility index (Phi) is 6.65. The third kappa shape index (κ3) is 5.88. The van der Waals surface area contributed by atoms with Crippen LogP contribution in [0.1, 0.15) is 50.4 Å². The first kappa shape index (κ1) is 19.5. The molecule has 0 radical (unpaired) electrons. The van der Waals surface area contributed by atoms with Gasteiger partial charge in [-0.25, -0.2) is 0 Å². The van der Waals surface area contributed by atoms with E-state index in [1.807, 2.05) is 0 Å². The highest BCUT2D eigenvalue weighted by atomic mass is 28.4. The van der Waals surface area contributed by atoms with Crippen molar-refractivity contribution in [2.45, 2.75) is 58.2 Å². The van der Waals surface area contributed by atoms with E-state index in [0.717, 1.165) is 12.8 Å². The molecular weight excluding hydrogens is 310 g/mol. The molecule has 0 fully saturated rings. The molecule has 0 aliphatic heterocycles. The number of nitrogens with zero attached hydrogens (tertiary/aromatic N) is 1. The molecule has 6 heteroatoms. The molecule has 0 N–H and O–H groups in total. The molecule has 0 atom stereocenters. The molecule has 0 aromatic heterocycles. The molecule has 0 unspecified atom stereocenters. The first-order valence-corrected chi connectivity index (χ1v) is 10.9. The van der Waals surface area contributed by atoms with Crippen molar-refractivity contribution in [3.63, 3.8) is 0 Å². The topological polar surface area (TPSA) is 69.4 Å². The highest BCUT2D eigenvalue weighted by Crippen LogP contribution is 2.36. The van der Waals surface area contributed by atoms with E-state index in [2.05, 4.69) is 33.9 Å². The lowest BCUT2D eigenvalue weighted by Crippen LogP contribution is -2.40. The summed E-state index contributed by atoms with van der Waals surface area (Å²) in [5, 5.41) is 10.8. The van der Waals surface area contributed by atoms with Crippen molar-refractivity contribution < 1.29 is 14.1 Å². The van der Waals surface area contributed by atoms with E-state index in [9.17, 15) is 14.9 Å². The van der Waals surface area contributed by atoms with Gasteiger partial charge in [-0.05, 0) is 43.1 Å². The van der Waals surface area contributed by atoms with Crippen LogP contribution >= 0.6 is 0 Å². The number of ketones is 1. The van der Waals surface area contributed by atoms with Crippen molar-refractivity contribution >= 4 is 19.8 Å². The predicted octanol–water partition coefficient (Wildman–Crippen LogP) is 4.97. The van der Waals surface area contributed by atoms with E-state index < -0.39 is 13.2 Å². The number of non-ortho nitro benzene ring substituents is 1. The molecule has 0 aliphatic rings. The summed E-state index contributed by atoms with van der Waals surface area (Å²) >= 11 is 0. The zero-order valence-corrected chi connectivity index (χ0v) is 15.7. The van der Waals surface area contributed by atoms with Crippen molar-refractivity contribution in [1.29, 1.82) is 0 Å². The number of nitro groups is 1. The monoisotopic (exact) mass is 337 g/mol. The highest BCUT2D eigenvalue weighted by Gasteiger charge is 2.36. The number of carbonyl (C=O) groups excluding carboxylic acids is 1. The second-order valence-corrected chi connectivity index (χ2v) is 12.1. The lowest BCUT2D eigenvalue weighted by Gasteiger charge is -2.36. The van der Waals surface area contributed by atoms with E-state index >= 15 is 0 Å². The summed E-state index contributed by atoms with van der Waals surface area (Å²) in [5.41, 5.74) is 0.533. The minimum atomic E-state index is -1.71. The van der Waals surface area contributed by atoms with Crippen LogP contribution in [0.3, 0.4) is 0 Å². The molecule has 0 amide bonds. The fourth-order valence-electron chi connectivity index (χ4n) is 1.84. The fourth-order valence-corrected chi connectivity index (χ4v) is 2.93. The van der Waals surface area contributed by atoms with Crippen LogP contribution in [-0.2, 0) is 4.43 Å². The van der Waals surface area contributed by atoms with Crippen LogP contribution in [0.25, 0.3) is 0 Å². The maximum atomic E-state index is 12.0. The minimum Gasteiger partial charge on any atom is -0.417 e. The summed E-state index contributed by atoms with van der Waals surface area (Å²) in [7, 11) is -1.71. The van der Waals surface area contributed by atoms with Gasteiger partial charge in [0, 0.05) is 30.7 Å². The van der Waals surface area contributed by atoms with Crippen molar-refractivity contribution in [2.24, 2.45) is 0 Å². The van der Waals surface area contributed by atoms with Crippen LogP contribution < -0.4 is 0 Å². The summed E-state index contributed by atoms with van der Waals surface area (Å²) < 4.78 is 6.08. The van der Waals surface area contributed by atoms with Crippen LogP contribution in [0.4, 0.5) is 5.69 Å². The molecular formula is C17H27NO4Si. The summed E-state index contributed by atoms with van der Waals surface area (Å²) in [6.45, 7) is 11.7. The van der Waals surface area contributed by atoms with Crippen molar-refractivity contribution in [3.8, 4) is 0 Å². The van der Waals surface area contributed by atoms with Crippen LogP contribution in [-0.4, -0.2) is 25.6 Å². The molecule has 0 heterocycles. The molecule has 1 rings (SSSR count). The smallest absolute Gasteiger partial charge is 0.269 e. The van der Waals surface area contributed by atoms with Gasteiger partial charge >= 0.3 is 0 Å². The zero-order valence-electron chi connectivity index (χ0n) is 14.7. The number of Topliss-reactive ketones (excluding diaryl/α,β-unsaturated/α-hetero) is 1. The van der Waals surface area contributed by atoms with Gasteiger partial charge < -0.3 is 4.43 Å². The molecule has 1 aromatic carbocycles. The van der Waals surface area contributed by atoms with Gasteiger partial charge in [0.05, 0.1) is 4.92 Å². The van der Waals surface area contributed by atoms with Gasteiger partial charge in [0.2, 0.25) is 0 Å². The van der Waals surface area contributed by atoms with Crippen molar-refractivity contribution in [2.75, 3.05) is 6.61 Å². The Morgan fingerprint density at radius 3 is 2.22 bits per heavy atom. The second kappa shape index (κ2) is 7.83. The quantitative estimate of drug-likeness (QED) is 0.221. The van der Waals surface area contributed by atoms with Gasteiger partial charge in [0.25, 0.3) is 5.69 Å². The lowest BCUT2D eigenvalue weighted by atomic mass is 10.1. The largest absolute Gasteiger partial charge is 0.417 e. The van der Waals surface area contributed by atoms with E-state index in [1.165, 1.54) is 24.3 Å². The number of hydrogen-bond acceptors (Lipinski definition) is 4. The Bertz CT molecular complexity index is 547. The van der Waals surface area contributed by atoms with Crippen LogP contribution in [0, 0.1) is 10.1 Å². The number of unbranched alkanes of at least 4 members (excludes halogenated alkanes) is 1. The van der Waals surface area contributed by atoms with E-state index in [4.69, 9.17) is 4.43 Å². The van der Waals surface area contributed by atoms with Gasteiger partial charge in [-0.3, -0.25) is 14.9 Å². The average molecular weight is 337 g/mol. The van der Waals surface area contributed by atoms with Gasteiger partial charge in [-0.1, -0.05) is 20.8 Å². The highest BCUT2D eigenvalue weighted by molar-refractivity contribution is 6.74. The fraction of sp³-hybridized carbons (Fsp3) is 0.588. The lowest BCUT2D eigenvalue weighted by molar-refractivity contribution is -0.384. The average Bonchev–Trinajstić information content (AvgIpc) is 2.45. The zero-order chi connectivity index (χ0) is 17.7. The van der Waals surface area contributed by atoms with Gasteiger partial charge in [-0.2, -0.15) is 0 Å². The Balaban J connectivity index is 2.36. The molecule has 128 valence electrons. The summed E-state index contributed by atoms with van der Waals surface area (Å²) in [5.74, 6) is 0.0206. The number of rotatable bonds is 8. The number of hydrogen-bond donors (Lipinski definition) is 0. The summed E-state index contributed by atoms with van der Waals surface area (Å²) in [4.78, 5) is 22.2. The van der Waals surface area contributed by atoms with Crippen LogP contribution in [0.5, 0.6) is 0 Å². The Morgan fingerprint density at radius 2 is 1.74 bits per heavy atom. The molecule has 0 aliphatic carbocycles. The van der Waals surface area contributed by atoms with E-state index in [1.54, 1.807) is 0 Å². The number of benzene rings is 1. The first-order valence-electron chi connectivity index (χ1n) is 7.96. The maximum Gasteiger partial charge on any atom is 0.269 e. The maximum absolute atomic E-state index is 12.0. The molecule has 23 heavy (non-hydrogen) atoms. The SMILES string of the molecule is CC(C)(C)[Si](C)(C)OCCCCC(=O)c1ccc([N+](=O)[O-])cc1. The van der Waals surface area contributed by atoms with Gasteiger partial charge in [0.15, 0.2) is 14.1 Å². The third-order valence-electron chi connectivity index (χ3n) is 4.47. The van der Waals surface area contributed by atoms with Crippen molar-refractivity contribution in [1.82, 2.24) is 0 Å². The van der Waals surface area contributed by atoms with E-state index in [0.29, 0.717) is 18.6 Å². The number of carbonyl (C=O) groups is 1. The molecule has 5 nitrogen and oxygen atoms in total. The summed E-state index contributed by atoms with van der Waals surface area (Å²) in [6.07, 6.45) is 2.06. The molecule has 0 spiro atoms. The Labute approximate surface area is 139 Å². The second-order valence-electron chi connectivity index (χ2n) is 7.29. The number of nitro benzene ring substituents is 1. The summed E-state index contributed by atoms with van der Waals surface area (Å²) in [6, 6.07) is 5.78. The molecule has 0 bridgehead atoms. The molecule has 1 aromatic rings. The minimum absolute atomic E-state index is 0.00400. The Morgan fingerprint density at radius 1 is 1.17 bits per heavy atom. The van der Waals surface area contributed by atoms with E-state index in [-0.39, 0.29) is 16.5 Å². The van der Waals surface area contributed by atoms with Gasteiger partial charge in [0.1, 0.15) is 0 Å². The molecule has 0 saturated heterocycles. The van der Waals surface area contributed by atoms with Crippen LogP contribution in [0.2, 0.25) is 18.1 Å². The predicted molar refractivity (Wildman–Crippen MR) is 94.4 cm³/mol. The first-order chi connectivity index (χ1) is 10.5. The normalized spacial score (nSPS) is 12.2. The Hall–Kier alpha value is -1.53. The standard InChI is InChI=1S/C17H27NO4Si/c1-17(2,3)23(4,5)22-13-7-6-8-16(19)14-9-11-15(12-10-14)18(20)21/h9-12H,6-8,13H2,1-5H3. The van der Waals surface area contributed by atoms with Crippen LogP contribution in [0.15, 0.2) is 24.3 Å². The third-order valence-corrected chi connectivity index (χ3v) is 9.01. The van der Waals surface area contributed by atoms with Crippen molar-refractivity contribution in [3.05, 3.63) is 39.9 Å². The molecule has 0 saturated carbocycles. The van der Waals surface area contributed by atoms with Gasteiger partial charge in [-0.15, -0.1) is 0 Å².